The highest BCUT2D eigenvalue weighted by Gasteiger charge is 2.27. The number of nitrogens with zero attached hydrogens (tertiary/aromatic N) is 2. The number of hydrogen-bond acceptors (Lipinski definition) is 5. The van der Waals surface area contributed by atoms with Crippen LogP contribution in [-0.4, -0.2) is 37.3 Å². The Morgan fingerprint density at radius 3 is 2.42 bits per heavy atom. The minimum absolute atomic E-state index is 0.395. The smallest absolute Gasteiger partial charge is 0.170 e. The summed E-state index contributed by atoms with van der Waals surface area (Å²) >= 11 is 0. The zero-order valence-corrected chi connectivity index (χ0v) is 15.1. The topological polar surface area (TPSA) is 47.7 Å². The zero-order chi connectivity index (χ0) is 17.9. The minimum atomic E-state index is 0.395. The third kappa shape index (κ3) is 3.23. The second kappa shape index (κ2) is 7.32. The summed E-state index contributed by atoms with van der Waals surface area (Å²) in [7, 11) is 4.12. The third-order valence-electron chi connectivity index (χ3n) is 4.41. The average molecular weight is 350 g/mol. The van der Waals surface area contributed by atoms with Crippen molar-refractivity contribution >= 4 is 0 Å². The molecule has 0 saturated heterocycles. The lowest BCUT2D eigenvalue weighted by Gasteiger charge is -2.10. The van der Waals surface area contributed by atoms with E-state index in [4.69, 9.17) is 14.0 Å². The molecule has 0 bridgehead atoms. The fraction of sp³-hybridized carbons (Fsp3) is 0.286. The van der Waals surface area contributed by atoms with E-state index in [-0.39, 0.29) is 0 Å². The molecule has 3 aromatic rings. The molecule has 26 heavy (non-hydrogen) atoms. The monoisotopic (exact) mass is 350 g/mol. The van der Waals surface area contributed by atoms with Crippen LogP contribution in [0.3, 0.4) is 0 Å². The van der Waals surface area contributed by atoms with Crippen LogP contribution < -0.4 is 4.74 Å². The van der Waals surface area contributed by atoms with Crippen LogP contribution in [0.1, 0.15) is 12.2 Å². The van der Waals surface area contributed by atoms with Crippen molar-refractivity contribution < 1.29 is 14.0 Å². The second-order valence-electron chi connectivity index (χ2n) is 6.63. The molecule has 0 radical (unpaired) electrons. The normalized spacial score (nSPS) is 12.1. The molecule has 0 spiro atoms. The van der Waals surface area contributed by atoms with E-state index >= 15 is 0 Å². The van der Waals surface area contributed by atoms with Crippen LogP contribution in [0.2, 0.25) is 0 Å². The summed E-state index contributed by atoms with van der Waals surface area (Å²) in [5.74, 6) is 2.32. The number of benzene rings is 2. The van der Waals surface area contributed by atoms with E-state index in [0.717, 1.165) is 52.6 Å². The molecule has 0 saturated carbocycles. The van der Waals surface area contributed by atoms with Crippen LogP contribution >= 0.6 is 0 Å². The minimum Gasteiger partial charge on any atom is -0.456 e. The zero-order valence-electron chi connectivity index (χ0n) is 15.1. The van der Waals surface area contributed by atoms with Gasteiger partial charge in [0.15, 0.2) is 5.76 Å². The van der Waals surface area contributed by atoms with Gasteiger partial charge in [-0.3, -0.25) is 0 Å². The quantitative estimate of drug-likeness (QED) is 0.476. The Hall–Kier alpha value is -2.63. The Bertz CT molecular complexity index is 902. The van der Waals surface area contributed by atoms with Crippen molar-refractivity contribution in [3.8, 4) is 33.9 Å². The van der Waals surface area contributed by atoms with Crippen LogP contribution in [-0.2, 0) is 11.3 Å². The molecule has 0 N–H and O–H groups in total. The first-order chi connectivity index (χ1) is 12.7. The fourth-order valence-electron chi connectivity index (χ4n) is 3.16. The first-order valence-electron chi connectivity index (χ1n) is 8.81. The first-order valence-corrected chi connectivity index (χ1v) is 8.81. The summed E-state index contributed by atoms with van der Waals surface area (Å²) in [4.78, 5) is 2.15. The molecule has 5 heteroatoms. The van der Waals surface area contributed by atoms with Crippen molar-refractivity contribution in [2.75, 3.05) is 27.2 Å². The van der Waals surface area contributed by atoms with E-state index < -0.39 is 0 Å². The Morgan fingerprint density at radius 2 is 1.65 bits per heavy atom. The highest BCUT2D eigenvalue weighted by Crippen LogP contribution is 2.47. The largest absolute Gasteiger partial charge is 0.456 e. The Morgan fingerprint density at radius 1 is 0.962 bits per heavy atom. The Kier molecular flexibility index (Phi) is 4.73. The third-order valence-corrected chi connectivity index (χ3v) is 4.41. The molecule has 2 aromatic carbocycles. The van der Waals surface area contributed by atoms with Crippen LogP contribution in [0.15, 0.2) is 53.1 Å². The van der Waals surface area contributed by atoms with Crippen molar-refractivity contribution in [2.24, 2.45) is 0 Å². The number of aromatic nitrogens is 1. The van der Waals surface area contributed by atoms with Crippen molar-refractivity contribution in [1.82, 2.24) is 10.1 Å². The van der Waals surface area contributed by atoms with Crippen molar-refractivity contribution in [2.45, 2.75) is 13.0 Å². The van der Waals surface area contributed by atoms with Crippen LogP contribution in [0.4, 0.5) is 0 Å². The number of para-hydroxylation sites is 2. The maximum atomic E-state index is 6.14. The lowest BCUT2D eigenvalue weighted by molar-refractivity contribution is 0.0953. The van der Waals surface area contributed by atoms with Gasteiger partial charge in [0.1, 0.15) is 23.8 Å². The molecular formula is C21H22N2O3. The fourth-order valence-corrected chi connectivity index (χ4v) is 3.16. The molecule has 1 aliphatic rings. The highest BCUT2D eigenvalue weighted by atomic mass is 16.5. The van der Waals surface area contributed by atoms with Gasteiger partial charge in [-0.15, -0.1) is 0 Å². The van der Waals surface area contributed by atoms with E-state index in [9.17, 15) is 0 Å². The Labute approximate surface area is 153 Å². The molecule has 0 amide bonds. The standard InChI is InChI=1S/C21H22N2O3/c1-23(2)12-7-13-24-14-19-20-15-8-3-5-10-17(15)25-18-11-6-4-9-16(18)21(20)22-26-19/h3-6,8-11H,7,12-14H2,1-2H3. The van der Waals surface area contributed by atoms with Gasteiger partial charge < -0.3 is 18.9 Å². The first kappa shape index (κ1) is 16.8. The van der Waals surface area contributed by atoms with E-state index in [0.29, 0.717) is 13.2 Å². The van der Waals surface area contributed by atoms with Gasteiger partial charge in [-0.25, -0.2) is 0 Å². The lowest BCUT2D eigenvalue weighted by atomic mass is 9.99. The summed E-state index contributed by atoms with van der Waals surface area (Å²) in [6.07, 6.45) is 0.978. The highest BCUT2D eigenvalue weighted by molar-refractivity contribution is 5.89. The molecular weight excluding hydrogens is 328 g/mol. The number of hydrogen-bond donors (Lipinski definition) is 0. The maximum Gasteiger partial charge on any atom is 0.170 e. The second-order valence-corrected chi connectivity index (χ2v) is 6.63. The van der Waals surface area contributed by atoms with Gasteiger partial charge in [-0.1, -0.05) is 35.5 Å². The molecule has 4 rings (SSSR count). The van der Waals surface area contributed by atoms with Crippen LogP contribution in [0.25, 0.3) is 22.4 Å². The summed E-state index contributed by atoms with van der Waals surface area (Å²) in [5.41, 5.74) is 3.67. The van der Waals surface area contributed by atoms with Gasteiger partial charge >= 0.3 is 0 Å². The van der Waals surface area contributed by atoms with E-state index in [1.54, 1.807) is 0 Å². The van der Waals surface area contributed by atoms with Gasteiger partial charge in [0.2, 0.25) is 0 Å². The number of rotatable bonds is 6. The number of fused-ring (bicyclic) bond motifs is 5. The van der Waals surface area contributed by atoms with Gasteiger partial charge in [0.25, 0.3) is 0 Å². The molecule has 2 heterocycles. The summed E-state index contributed by atoms with van der Waals surface area (Å²) in [6, 6.07) is 15.9. The van der Waals surface area contributed by atoms with Crippen molar-refractivity contribution in [3.63, 3.8) is 0 Å². The lowest BCUT2D eigenvalue weighted by Crippen LogP contribution is -2.14. The van der Waals surface area contributed by atoms with Crippen LogP contribution in [0.5, 0.6) is 11.5 Å². The molecule has 1 aliphatic heterocycles. The Balaban J connectivity index is 1.67. The summed E-state index contributed by atoms with van der Waals surface area (Å²) < 4.78 is 17.7. The van der Waals surface area contributed by atoms with E-state index in [1.807, 2.05) is 48.5 Å². The molecule has 0 aliphatic carbocycles. The van der Waals surface area contributed by atoms with Gasteiger partial charge in [0.05, 0.1) is 5.56 Å². The van der Waals surface area contributed by atoms with Crippen LogP contribution in [0, 0.1) is 0 Å². The van der Waals surface area contributed by atoms with Gasteiger partial charge in [0, 0.05) is 17.7 Å². The maximum absolute atomic E-state index is 6.14. The van der Waals surface area contributed by atoms with E-state index in [1.165, 1.54) is 0 Å². The molecule has 1 aromatic heterocycles. The van der Waals surface area contributed by atoms with Gasteiger partial charge in [-0.05, 0) is 45.3 Å². The molecule has 134 valence electrons. The predicted molar refractivity (Wildman–Crippen MR) is 100 cm³/mol. The molecule has 0 unspecified atom stereocenters. The van der Waals surface area contributed by atoms with Crippen molar-refractivity contribution in [3.05, 3.63) is 54.3 Å². The van der Waals surface area contributed by atoms with Crippen molar-refractivity contribution in [1.29, 1.82) is 0 Å². The predicted octanol–water partition coefficient (Wildman–Crippen LogP) is 4.58. The molecule has 0 fully saturated rings. The molecule has 0 atom stereocenters. The molecule has 5 nitrogen and oxygen atoms in total. The summed E-state index contributed by atoms with van der Waals surface area (Å²) in [5, 5.41) is 4.34. The van der Waals surface area contributed by atoms with Gasteiger partial charge in [-0.2, -0.15) is 0 Å². The number of ether oxygens (including phenoxy) is 2. The summed E-state index contributed by atoms with van der Waals surface area (Å²) in [6.45, 7) is 2.08. The van der Waals surface area contributed by atoms with E-state index in [2.05, 4.69) is 24.2 Å². The average Bonchev–Trinajstić information content (AvgIpc) is 2.99. The SMILES string of the molecule is CN(C)CCCOCc1onc2c1-c1ccccc1Oc1ccccc1-2.